The maximum absolute atomic E-state index is 13.2. The van der Waals surface area contributed by atoms with Crippen molar-refractivity contribution in [2.24, 2.45) is 0 Å². The third-order valence-electron chi connectivity index (χ3n) is 5.74. The molecule has 0 saturated heterocycles. The maximum Gasteiger partial charge on any atom is 0.264 e. The van der Waals surface area contributed by atoms with E-state index in [-0.39, 0.29) is 22.6 Å². The summed E-state index contributed by atoms with van der Waals surface area (Å²) >= 11 is 0. The summed E-state index contributed by atoms with van der Waals surface area (Å²) in [4.78, 5) is 21.7. The van der Waals surface area contributed by atoms with Gasteiger partial charge in [0.1, 0.15) is 5.75 Å². The molecule has 0 unspecified atom stereocenters. The second kappa shape index (κ2) is 8.52. The molecule has 3 aromatic carbocycles. The predicted molar refractivity (Wildman–Crippen MR) is 133 cm³/mol. The van der Waals surface area contributed by atoms with Gasteiger partial charge >= 0.3 is 0 Å². The van der Waals surface area contributed by atoms with E-state index in [1.807, 2.05) is 39.0 Å². The molecule has 1 amide bonds. The van der Waals surface area contributed by atoms with Crippen LogP contribution in [0.3, 0.4) is 0 Å². The van der Waals surface area contributed by atoms with E-state index in [1.54, 1.807) is 36.4 Å². The molecule has 176 valence electrons. The zero-order valence-electron chi connectivity index (χ0n) is 19.3. The first kappa shape index (κ1) is 22.5. The number of anilines is 2. The SMILES string of the molecule is Cc1ccc2cc1C(=O)Nc1cccc(c1)S(=O)(=O)Nc1nc(cc(-c3c(C)cccc3C)n1)O2. The maximum atomic E-state index is 13.2. The number of ether oxygens (including phenoxy) is 1. The topological polar surface area (TPSA) is 110 Å². The number of carbonyl (C=O) groups is 1. The number of hydrogen-bond donors (Lipinski definition) is 2. The molecule has 2 heterocycles. The predicted octanol–water partition coefficient (Wildman–Crippen LogP) is 5.23. The minimum absolute atomic E-state index is 0.0404. The van der Waals surface area contributed by atoms with Gasteiger partial charge in [-0.3, -0.25) is 4.79 Å². The standard InChI is InChI=1S/C26H22N4O4S/c1-15-10-11-19-13-21(15)25(31)27-18-8-5-9-20(12-18)35(32,33)30-26-28-22(14-23(29-26)34-19)24-16(2)6-4-7-17(24)3/h4-14H,1-3H3,(H,27,31)(H,28,29,30). The molecule has 4 aromatic rings. The van der Waals surface area contributed by atoms with Gasteiger partial charge in [-0.15, -0.1) is 0 Å². The summed E-state index contributed by atoms with van der Waals surface area (Å²) in [5, 5.41) is 2.76. The lowest BCUT2D eigenvalue weighted by molar-refractivity contribution is 0.102. The number of rotatable bonds is 1. The van der Waals surface area contributed by atoms with E-state index in [0.29, 0.717) is 22.7 Å². The minimum Gasteiger partial charge on any atom is -0.439 e. The van der Waals surface area contributed by atoms with E-state index < -0.39 is 10.0 Å². The van der Waals surface area contributed by atoms with E-state index in [0.717, 1.165) is 22.3 Å². The van der Waals surface area contributed by atoms with Crippen LogP contribution in [0.25, 0.3) is 11.3 Å². The molecule has 0 spiro atoms. The number of sulfonamides is 1. The number of benzene rings is 3. The Balaban J connectivity index is 1.74. The lowest BCUT2D eigenvalue weighted by atomic mass is 10.00. The van der Waals surface area contributed by atoms with E-state index in [1.165, 1.54) is 12.1 Å². The molecule has 6 bridgehead atoms. The Kier molecular flexibility index (Phi) is 5.49. The summed E-state index contributed by atoms with van der Waals surface area (Å²) in [6.45, 7) is 5.73. The van der Waals surface area contributed by atoms with Crippen LogP contribution in [0.4, 0.5) is 11.6 Å². The molecule has 0 atom stereocenters. The van der Waals surface area contributed by atoms with Crippen LogP contribution < -0.4 is 14.8 Å². The zero-order valence-corrected chi connectivity index (χ0v) is 20.1. The summed E-state index contributed by atoms with van der Waals surface area (Å²) < 4.78 is 34.8. The Morgan fingerprint density at radius 1 is 0.829 bits per heavy atom. The number of carbonyl (C=O) groups excluding carboxylic acids is 1. The molecule has 1 aliphatic heterocycles. The average Bonchev–Trinajstić information content (AvgIpc) is 2.79. The van der Waals surface area contributed by atoms with Crippen LogP contribution in [0.15, 0.2) is 71.6 Å². The van der Waals surface area contributed by atoms with Crippen LogP contribution in [0.2, 0.25) is 0 Å². The molecule has 0 fully saturated rings. The van der Waals surface area contributed by atoms with Crippen molar-refractivity contribution in [2.75, 3.05) is 10.0 Å². The Bertz CT molecular complexity index is 1580. The van der Waals surface area contributed by atoms with Gasteiger partial charge in [-0.05, 0) is 67.8 Å². The highest BCUT2D eigenvalue weighted by molar-refractivity contribution is 7.92. The number of aromatic nitrogens is 2. The lowest BCUT2D eigenvalue weighted by Crippen LogP contribution is -2.17. The molecule has 2 N–H and O–H groups in total. The van der Waals surface area contributed by atoms with Gasteiger partial charge in [-0.25, -0.2) is 18.1 Å². The molecular weight excluding hydrogens is 464 g/mol. The molecule has 1 aliphatic rings. The molecule has 0 radical (unpaired) electrons. The van der Waals surface area contributed by atoms with E-state index >= 15 is 0 Å². The first-order valence-electron chi connectivity index (χ1n) is 10.9. The van der Waals surface area contributed by atoms with Crippen molar-refractivity contribution in [2.45, 2.75) is 25.7 Å². The van der Waals surface area contributed by atoms with Gasteiger partial charge in [0, 0.05) is 22.9 Å². The summed E-state index contributed by atoms with van der Waals surface area (Å²) in [7, 11) is -4.06. The monoisotopic (exact) mass is 486 g/mol. The summed E-state index contributed by atoms with van der Waals surface area (Å²) in [5.41, 5.74) is 4.79. The van der Waals surface area contributed by atoms with Gasteiger partial charge < -0.3 is 10.1 Å². The fourth-order valence-corrected chi connectivity index (χ4v) is 5.01. The van der Waals surface area contributed by atoms with E-state index in [4.69, 9.17) is 4.74 Å². The molecule has 8 nitrogen and oxygen atoms in total. The largest absolute Gasteiger partial charge is 0.439 e. The molecule has 1 aromatic heterocycles. The van der Waals surface area contributed by atoms with Gasteiger partial charge in [-0.1, -0.05) is 30.3 Å². The van der Waals surface area contributed by atoms with Crippen LogP contribution in [0.5, 0.6) is 11.6 Å². The fraction of sp³-hybridized carbons (Fsp3) is 0.115. The van der Waals surface area contributed by atoms with Crippen LogP contribution >= 0.6 is 0 Å². The number of nitrogens with one attached hydrogen (secondary N) is 2. The normalized spacial score (nSPS) is 14.2. The van der Waals surface area contributed by atoms with Gasteiger partial charge in [0.15, 0.2) is 0 Å². The minimum atomic E-state index is -4.06. The highest BCUT2D eigenvalue weighted by Crippen LogP contribution is 2.32. The van der Waals surface area contributed by atoms with Crippen LogP contribution in [-0.2, 0) is 10.0 Å². The first-order valence-corrected chi connectivity index (χ1v) is 12.4. The third-order valence-corrected chi connectivity index (χ3v) is 7.07. The fourth-order valence-electron chi connectivity index (χ4n) is 4.02. The number of fused-ring (bicyclic) bond motifs is 6. The van der Waals surface area contributed by atoms with Crippen molar-refractivity contribution in [3.05, 3.63) is 89.0 Å². The average molecular weight is 487 g/mol. The van der Waals surface area contributed by atoms with Crippen molar-refractivity contribution >= 4 is 27.6 Å². The van der Waals surface area contributed by atoms with Gasteiger partial charge in [0.25, 0.3) is 15.9 Å². The third kappa shape index (κ3) is 4.45. The molecule has 0 aliphatic carbocycles. The van der Waals surface area contributed by atoms with E-state index in [9.17, 15) is 13.2 Å². The van der Waals surface area contributed by atoms with Gasteiger partial charge in [0.2, 0.25) is 11.8 Å². The Labute approximate surface area is 203 Å². The lowest BCUT2D eigenvalue weighted by Gasteiger charge is -2.16. The number of hydrogen-bond acceptors (Lipinski definition) is 6. The number of aryl methyl sites for hydroxylation is 3. The van der Waals surface area contributed by atoms with Gasteiger partial charge in [-0.2, -0.15) is 4.98 Å². The quantitative estimate of drug-likeness (QED) is 0.381. The number of nitrogens with zero attached hydrogens (tertiary/aromatic N) is 2. The molecule has 0 saturated carbocycles. The van der Waals surface area contributed by atoms with Crippen molar-refractivity contribution < 1.29 is 17.9 Å². The Morgan fingerprint density at radius 2 is 1.57 bits per heavy atom. The Morgan fingerprint density at radius 3 is 2.34 bits per heavy atom. The molecular formula is C26H22N4O4S. The van der Waals surface area contributed by atoms with Gasteiger partial charge in [0.05, 0.1) is 10.6 Å². The molecule has 35 heavy (non-hydrogen) atoms. The van der Waals surface area contributed by atoms with Crippen LogP contribution in [-0.4, -0.2) is 24.3 Å². The summed E-state index contributed by atoms with van der Waals surface area (Å²) in [5.74, 6) is 0.00833. The highest BCUT2D eigenvalue weighted by Gasteiger charge is 2.21. The van der Waals surface area contributed by atoms with Crippen LogP contribution in [0.1, 0.15) is 27.0 Å². The van der Waals surface area contributed by atoms with Crippen molar-refractivity contribution in [3.63, 3.8) is 0 Å². The summed E-state index contributed by atoms with van der Waals surface area (Å²) in [6.07, 6.45) is 0. The van der Waals surface area contributed by atoms with Crippen molar-refractivity contribution in [3.8, 4) is 22.9 Å². The first-order chi connectivity index (χ1) is 16.7. The second-order valence-electron chi connectivity index (χ2n) is 8.35. The second-order valence-corrected chi connectivity index (χ2v) is 10.0. The van der Waals surface area contributed by atoms with Crippen LogP contribution in [0, 0.1) is 20.8 Å². The van der Waals surface area contributed by atoms with Crippen molar-refractivity contribution in [1.82, 2.24) is 9.97 Å². The Hall–Kier alpha value is -4.24. The highest BCUT2D eigenvalue weighted by atomic mass is 32.2. The molecule has 9 heteroatoms. The van der Waals surface area contributed by atoms with Crippen molar-refractivity contribution in [1.29, 1.82) is 0 Å². The van der Waals surface area contributed by atoms with E-state index in [2.05, 4.69) is 20.0 Å². The number of amides is 1. The zero-order chi connectivity index (χ0) is 24.7. The summed E-state index contributed by atoms with van der Waals surface area (Å²) in [6, 6.07) is 18.6. The smallest absolute Gasteiger partial charge is 0.264 e. The molecule has 5 rings (SSSR count).